The molecule has 0 aromatic carbocycles. The van der Waals surface area contributed by atoms with Crippen molar-refractivity contribution in [2.24, 2.45) is 5.92 Å². The van der Waals surface area contributed by atoms with Gasteiger partial charge in [0.25, 0.3) is 0 Å². The Bertz CT molecular complexity index is 309. The highest BCUT2D eigenvalue weighted by molar-refractivity contribution is 5.76. The molecule has 1 amide bonds. The van der Waals surface area contributed by atoms with E-state index < -0.39 is 11.6 Å². The van der Waals surface area contributed by atoms with Crippen molar-refractivity contribution in [3.8, 4) is 0 Å². The van der Waals surface area contributed by atoms with E-state index in [4.69, 9.17) is 5.11 Å². The summed E-state index contributed by atoms with van der Waals surface area (Å²) in [6, 6.07) is 0. The Labute approximate surface area is 114 Å². The maximum Gasteiger partial charge on any atom is 0.303 e. The predicted molar refractivity (Wildman–Crippen MR) is 71.7 cm³/mol. The Morgan fingerprint density at radius 3 is 2.37 bits per heavy atom. The molecule has 0 radical (unpaired) electrons. The van der Waals surface area contributed by atoms with Gasteiger partial charge in [-0.15, -0.1) is 0 Å². The molecule has 0 aromatic rings. The summed E-state index contributed by atoms with van der Waals surface area (Å²) in [7, 11) is 0. The van der Waals surface area contributed by atoms with E-state index in [0.29, 0.717) is 31.7 Å². The van der Waals surface area contributed by atoms with Gasteiger partial charge in [-0.2, -0.15) is 0 Å². The second-order valence-electron chi connectivity index (χ2n) is 5.78. The predicted octanol–water partition coefficient (Wildman–Crippen LogP) is 1.69. The van der Waals surface area contributed by atoms with E-state index in [0.717, 1.165) is 25.7 Å². The van der Waals surface area contributed by atoms with Crippen LogP contribution in [0.3, 0.4) is 0 Å². The van der Waals surface area contributed by atoms with Gasteiger partial charge < -0.3 is 15.5 Å². The number of amides is 1. The van der Waals surface area contributed by atoms with Crippen LogP contribution in [-0.2, 0) is 9.59 Å². The minimum Gasteiger partial charge on any atom is -0.481 e. The van der Waals surface area contributed by atoms with Gasteiger partial charge in [0.2, 0.25) is 5.91 Å². The van der Waals surface area contributed by atoms with E-state index in [1.807, 2.05) is 0 Å². The molecule has 1 aliphatic rings. The van der Waals surface area contributed by atoms with E-state index in [1.165, 1.54) is 0 Å². The Morgan fingerprint density at radius 1 is 1.21 bits per heavy atom. The van der Waals surface area contributed by atoms with Crippen molar-refractivity contribution in [3.63, 3.8) is 0 Å². The average molecular weight is 271 g/mol. The molecule has 19 heavy (non-hydrogen) atoms. The van der Waals surface area contributed by atoms with Gasteiger partial charge in [0.1, 0.15) is 0 Å². The summed E-state index contributed by atoms with van der Waals surface area (Å²) in [5, 5.41) is 21.5. The maximum atomic E-state index is 11.6. The van der Waals surface area contributed by atoms with Crippen LogP contribution in [0.15, 0.2) is 0 Å². The fraction of sp³-hybridized carbons (Fsp3) is 0.857. The molecular weight excluding hydrogens is 246 g/mol. The summed E-state index contributed by atoms with van der Waals surface area (Å²) < 4.78 is 0. The van der Waals surface area contributed by atoms with Crippen LogP contribution in [-0.4, -0.2) is 34.2 Å². The molecule has 5 nitrogen and oxygen atoms in total. The highest BCUT2D eigenvalue weighted by atomic mass is 16.4. The molecule has 5 heteroatoms. The van der Waals surface area contributed by atoms with E-state index in [2.05, 4.69) is 12.2 Å². The molecule has 110 valence electrons. The normalized spacial score (nSPS) is 26.9. The second-order valence-corrected chi connectivity index (χ2v) is 5.78. The zero-order valence-corrected chi connectivity index (χ0v) is 11.7. The molecule has 0 bridgehead atoms. The van der Waals surface area contributed by atoms with E-state index in [-0.39, 0.29) is 12.3 Å². The largest absolute Gasteiger partial charge is 0.481 e. The molecule has 0 atom stereocenters. The molecule has 3 N–H and O–H groups in total. The molecule has 1 fully saturated rings. The fourth-order valence-electron chi connectivity index (χ4n) is 2.39. The van der Waals surface area contributed by atoms with Gasteiger partial charge in [-0.05, 0) is 44.4 Å². The first-order chi connectivity index (χ1) is 8.91. The zero-order valence-electron chi connectivity index (χ0n) is 11.7. The summed E-state index contributed by atoms with van der Waals surface area (Å²) in [6.07, 6.45) is 5.03. The topological polar surface area (TPSA) is 86.6 Å². The van der Waals surface area contributed by atoms with Crippen LogP contribution in [0.25, 0.3) is 0 Å². The first-order valence-corrected chi connectivity index (χ1v) is 7.12. The SMILES string of the molecule is CC1CCC(O)(CNC(=O)CCCCC(=O)O)CC1. The van der Waals surface area contributed by atoms with Crippen LogP contribution in [0.5, 0.6) is 0 Å². The van der Waals surface area contributed by atoms with Gasteiger partial charge in [0.15, 0.2) is 0 Å². The van der Waals surface area contributed by atoms with Crippen LogP contribution < -0.4 is 5.32 Å². The second kappa shape index (κ2) is 7.48. The van der Waals surface area contributed by atoms with Gasteiger partial charge in [0.05, 0.1) is 5.60 Å². The summed E-state index contributed by atoms with van der Waals surface area (Å²) >= 11 is 0. The van der Waals surface area contributed by atoms with Crippen LogP contribution in [0.1, 0.15) is 58.3 Å². The average Bonchev–Trinajstić information content (AvgIpc) is 2.36. The van der Waals surface area contributed by atoms with Gasteiger partial charge in [-0.3, -0.25) is 9.59 Å². The molecule has 1 rings (SSSR count). The minimum atomic E-state index is -0.828. The number of nitrogens with one attached hydrogen (secondary N) is 1. The van der Waals surface area contributed by atoms with Crippen LogP contribution in [0, 0.1) is 5.92 Å². The van der Waals surface area contributed by atoms with Crippen LogP contribution >= 0.6 is 0 Å². The Kier molecular flexibility index (Phi) is 6.28. The third-order valence-corrected chi connectivity index (χ3v) is 3.86. The molecule has 0 spiro atoms. The summed E-state index contributed by atoms with van der Waals surface area (Å²) in [5.41, 5.74) is -0.747. The Hall–Kier alpha value is -1.10. The first kappa shape index (κ1) is 16.0. The van der Waals surface area contributed by atoms with Crippen molar-refractivity contribution in [2.75, 3.05) is 6.54 Å². The Balaban J connectivity index is 2.14. The quantitative estimate of drug-likeness (QED) is 0.615. The number of rotatable bonds is 7. The molecule has 1 aliphatic carbocycles. The van der Waals surface area contributed by atoms with Gasteiger partial charge in [-0.25, -0.2) is 0 Å². The number of carboxylic acid groups (broad SMARTS) is 1. The first-order valence-electron chi connectivity index (χ1n) is 7.12. The summed E-state index contributed by atoms with van der Waals surface area (Å²) in [6.45, 7) is 2.50. The molecule has 0 aliphatic heterocycles. The number of carboxylic acids is 1. The molecular formula is C14H25NO4. The van der Waals surface area contributed by atoms with Crippen LogP contribution in [0.4, 0.5) is 0 Å². The smallest absolute Gasteiger partial charge is 0.303 e. The van der Waals surface area contributed by atoms with E-state index >= 15 is 0 Å². The van der Waals surface area contributed by atoms with Crippen molar-refractivity contribution in [1.29, 1.82) is 0 Å². The zero-order chi connectivity index (χ0) is 14.3. The molecule has 0 heterocycles. The number of hydrogen-bond acceptors (Lipinski definition) is 3. The monoisotopic (exact) mass is 271 g/mol. The summed E-state index contributed by atoms with van der Waals surface area (Å²) in [5.74, 6) is -0.268. The van der Waals surface area contributed by atoms with Gasteiger partial charge in [-0.1, -0.05) is 6.92 Å². The van der Waals surface area contributed by atoms with Crippen molar-refractivity contribution in [1.82, 2.24) is 5.32 Å². The third kappa shape index (κ3) is 6.57. The lowest BCUT2D eigenvalue weighted by Crippen LogP contribution is -2.45. The number of unbranched alkanes of at least 4 members (excludes halogenated alkanes) is 1. The minimum absolute atomic E-state index is 0.0996. The van der Waals surface area contributed by atoms with Crippen molar-refractivity contribution >= 4 is 11.9 Å². The number of hydrogen-bond donors (Lipinski definition) is 3. The number of carbonyl (C=O) groups is 2. The lowest BCUT2D eigenvalue weighted by molar-refractivity contribution is -0.137. The van der Waals surface area contributed by atoms with Crippen molar-refractivity contribution in [2.45, 2.75) is 63.9 Å². The van der Waals surface area contributed by atoms with Gasteiger partial charge >= 0.3 is 5.97 Å². The lowest BCUT2D eigenvalue weighted by atomic mass is 9.79. The highest BCUT2D eigenvalue weighted by Crippen LogP contribution is 2.31. The third-order valence-electron chi connectivity index (χ3n) is 3.86. The molecule has 0 aromatic heterocycles. The standard InChI is InChI=1S/C14H25NO4/c1-11-6-8-14(19,9-7-11)10-15-12(16)4-2-3-5-13(17)18/h11,19H,2-10H2,1H3,(H,15,16)(H,17,18). The fourth-order valence-corrected chi connectivity index (χ4v) is 2.39. The molecule has 1 saturated carbocycles. The highest BCUT2D eigenvalue weighted by Gasteiger charge is 2.31. The van der Waals surface area contributed by atoms with Crippen molar-refractivity contribution in [3.05, 3.63) is 0 Å². The molecule has 0 unspecified atom stereocenters. The number of aliphatic carboxylic acids is 1. The van der Waals surface area contributed by atoms with Crippen molar-refractivity contribution < 1.29 is 19.8 Å². The molecule has 0 saturated heterocycles. The maximum absolute atomic E-state index is 11.6. The number of carbonyl (C=O) groups excluding carboxylic acids is 1. The van der Waals surface area contributed by atoms with E-state index in [9.17, 15) is 14.7 Å². The van der Waals surface area contributed by atoms with E-state index in [1.54, 1.807) is 0 Å². The van der Waals surface area contributed by atoms with Crippen LogP contribution in [0.2, 0.25) is 0 Å². The number of aliphatic hydroxyl groups is 1. The lowest BCUT2D eigenvalue weighted by Gasteiger charge is -2.34. The Morgan fingerprint density at radius 2 is 1.79 bits per heavy atom. The van der Waals surface area contributed by atoms with Gasteiger partial charge in [0, 0.05) is 19.4 Å². The summed E-state index contributed by atoms with van der Waals surface area (Å²) in [4.78, 5) is 21.9.